The lowest BCUT2D eigenvalue weighted by Crippen LogP contribution is -2.46. The minimum atomic E-state index is -0.208. The van der Waals surface area contributed by atoms with Gasteiger partial charge in [0.2, 0.25) is 0 Å². The number of aromatic nitrogens is 4. The van der Waals surface area contributed by atoms with Gasteiger partial charge in [0.1, 0.15) is 5.69 Å². The Balaban J connectivity index is 1.42. The van der Waals surface area contributed by atoms with E-state index >= 15 is 0 Å². The van der Waals surface area contributed by atoms with Crippen molar-refractivity contribution in [3.8, 4) is 16.9 Å². The number of rotatable bonds is 3. The van der Waals surface area contributed by atoms with Gasteiger partial charge >= 0.3 is 0 Å². The lowest BCUT2D eigenvalue weighted by atomic mass is 10.1. The van der Waals surface area contributed by atoms with E-state index in [1.54, 1.807) is 23.0 Å². The third-order valence-electron chi connectivity index (χ3n) is 5.55. The smallest absolute Gasteiger partial charge is 0.258 e. The van der Waals surface area contributed by atoms with Gasteiger partial charge < -0.3 is 15.2 Å². The first kappa shape index (κ1) is 19.2. The number of benzene rings is 2. The number of nitrogens with one attached hydrogen (secondary N) is 2. The van der Waals surface area contributed by atoms with E-state index in [0.717, 1.165) is 35.2 Å². The molecule has 5 rings (SSSR count). The van der Waals surface area contributed by atoms with Crippen molar-refractivity contribution < 1.29 is 4.79 Å². The predicted octanol–water partition coefficient (Wildman–Crippen LogP) is 2.13. The van der Waals surface area contributed by atoms with Crippen molar-refractivity contribution in [1.29, 1.82) is 0 Å². The van der Waals surface area contributed by atoms with Gasteiger partial charge in [0, 0.05) is 37.3 Å². The molecule has 31 heavy (non-hydrogen) atoms. The maximum Gasteiger partial charge on any atom is 0.258 e. The highest BCUT2D eigenvalue weighted by Gasteiger charge is 2.18. The van der Waals surface area contributed by atoms with Gasteiger partial charge in [0.05, 0.1) is 17.4 Å². The third-order valence-corrected chi connectivity index (χ3v) is 5.55. The first-order valence-corrected chi connectivity index (χ1v) is 10.3. The van der Waals surface area contributed by atoms with Crippen LogP contribution in [0.4, 0.5) is 0 Å². The molecule has 0 aliphatic carbocycles. The summed E-state index contributed by atoms with van der Waals surface area (Å²) in [5.74, 6) is 0.0327. The minimum Gasteiger partial charge on any atom is -0.336 e. The lowest BCUT2D eigenvalue weighted by molar-refractivity contribution is 0.0736. The summed E-state index contributed by atoms with van der Waals surface area (Å²) in [5, 5.41) is 12.6. The number of piperazine rings is 1. The van der Waals surface area contributed by atoms with Gasteiger partial charge in [-0.15, -0.1) is 5.10 Å². The Kier molecular flexibility index (Phi) is 4.83. The fraction of sp³-hybridized carbons (Fsp3) is 0.217. The quantitative estimate of drug-likeness (QED) is 0.535. The van der Waals surface area contributed by atoms with Crippen LogP contribution in [0.15, 0.2) is 59.5 Å². The van der Waals surface area contributed by atoms with E-state index in [1.165, 1.54) is 0 Å². The summed E-state index contributed by atoms with van der Waals surface area (Å²) in [6.07, 6.45) is 1.72. The van der Waals surface area contributed by atoms with Crippen molar-refractivity contribution in [3.05, 3.63) is 76.2 Å². The number of carbonyl (C=O) groups excluding carboxylic acids is 1. The Bertz CT molecular complexity index is 1320. The predicted molar refractivity (Wildman–Crippen MR) is 118 cm³/mol. The molecule has 1 aliphatic rings. The van der Waals surface area contributed by atoms with Crippen LogP contribution in [0.25, 0.3) is 27.8 Å². The summed E-state index contributed by atoms with van der Waals surface area (Å²) >= 11 is 0. The summed E-state index contributed by atoms with van der Waals surface area (Å²) in [5.41, 5.74) is 4.07. The number of hydrogen-bond donors (Lipinski definition) is 2. The van der Waals surface area contributed by atoms with Gasteiger partial charge in [0.25, 0.3) is 11.5 Å². The molecule has 2 N–H and O–H groups in total. The van der Waals surface area contributed by atoms with Gasteiger partial charge in [-0.3, -0.25) is 9.59 Å². The second-order valence-electron chi connectivity index (χ2n) is 7.74. The van der Waals surface area contributed by atoms with Gasteiger partial charge in [-0.25, -0.2) is 4.68 Å². The lowest BCUT2D eigenvalue weighted by Gasteiger charge is -2.27. The highest BCUT2D eigenvalue weighted by molar-refractivity contribution is 5.94. The highest BCUT2D eigenvalue weighted by Crippen LogP contribution is 2.20. The first-order valence-electron chi connectivity index (χ1n) is 10.3. The van der Waals surface area contributed by atoms with Crippen molar-refractivity contribution in [2.24, 2.45) is 0 Å². The first-order chi connectivity index (χ1) is 15.1. The van der Waals surface area contributed by atoms with E-state index in [1.807, 2.05) is 48.2 Å². The summed E-state index contributed by atoms with van der Waals surface area (Å²) in [6, 6.07) is 15.0. The Hall–Kier alpha value is -3.78. The summed E-state index contributed by atoms with van der Waals surface area (Å²) in [6.45, 7) is 5.08. The molecule has 8 nitrogen and oxygen atoms in total. The molecular formula is C23H22N6O2. The molecule has 2 aromatic heterocycles. The summed E-state index contributed by atoms with van der Waals surface area (Å²) in [4.78, 5) is 29.9. The molecule has 1 aliphatic heterocycles. The molecule has 0 saturated carbocycles. The van der Waals surface area contributed by atoms with Crippen molar-refractivity contribution in [2.45, 2.75) is 6.92 Å². The number of pyridine rings is 1. The van der Waals surface area contributed by atoms with Crippen molar-refractivity contribution in [3.63, 3.8) is 0 Å². The zero-order valence-electron chi connectivity index (χ0n) is 17.1. The Labute approximate surface area is 178 Å². The van der Waals surface area contributed by atoms with Gasteiger partial charge in [-0.2, -0.15) is 0 Å². The molecule has 0 atom stereocenters. The number of aromatic amines is 1. The Morgan fingerprint density at radius 1 is 1.03 bits per heavy atom. The van der Waals surface area contributed by atoms with Crippen molar-refractivity contribution >= 4 is 16.8 Å². The number of nitrogens with zero attached hydrogens (tertiary/aromatic N) is 4. The maximum absolute atomic E-state index is 12.6. The van der Waals surface area contributed by atoms with E-state index < -0.39 is 0 Å². The second-order valence-corrected chi connectivity index (χ2v) is 7.74. The molecule has 4 aromatic rings. The van der Waals surface area contributed by atoms with Crippen LogP contribution in [0.1, 0.15) is 15.9 Å². The molecule has 1 amide bonds. The average molecular weight is 414 g/mol. The van der Waals surface area contributed by atoms with Gasteiger partial charge in [0.15, 0.2) is 0 Å². The molecule has 0 unspecified atom stereocenters. The molecule has 8 heteroatoms. The molecule has 0 bridgehead atoms. The minimum absolute atomic E-state index is 0.0327. The third kappa shape index (κ3) is 3.73. The van der Waals surface area contributed by atoms with Crippen LogP contribution in [0.5, 0.6) is 0 Å². The molecule has 0 radical (unpaired) electrons. The van der Waals surface area contributed by atoms with Crippen molar-refractivity contribution in [2.75, 3.05) is 26.2 Å². The number of amides is 1. The molecule has 1 saturated heterocycles. The zero-order chi connectivity index (χ0) is 21.4. The largest absolute Gasteiger partial charge is 0.336 e. The molecule has 2 aromatic carbocycles. The van der Waals surface area contributed by atoms with Crippen LogP contribution in [0.2, 0.25) is 0 Å². The molecule has 0 spiro atoms. The van der Waals surface area contributed by atoms with E-state index in [2.05, 4.69) is 20.6 Å². The van der Waals surface area contributed by atoms with Gasteiger partial charge in [-0.05, 0) is 54.8 Å². The Morgan fingerprint density at radius 2 is 1.81 bits per heavy atom. The standard InChI is InChI=1S/C23H22N6O2/c1-15-2-7-20-17(12-15)13-19(22(30)25-20)21-14-29(27-26-21)18-5-3-16(4-6-18)23(31)28-10-8-24-9-11-28/h2-7,12-14,24H,8-11H2,1H3,(H,25,30). The maximum atomic E-state index is 12.6. The topological polar surface area (TPSA) is 95.9 Å². The number of H-pyrrole nitrogens is 1. The van der Waals surface area contributed by atoms with E-state index in [0.29, 0.717) is 29.9 Å². The number of fused-ring (bicyclic) bond motifs is 1. The fourth-order valence-electron chi connectivity index (χ4n) is 3.84. The van der Waals surface area contributed by atoms with Crippen molar-refractivity contribution in [1.82, 2.24) is 30.2 Å². The second kappa shape index (κ2) is 7.81. The van der Waals surface area contributed by atoms with Gasteiger partial charge in [-0.1, -0.05) is 16.8 Å². The summed E-state index contributed by atoms with van der Waals surface area (Å²) in [7, 11) is 0. The molecule has 1 fully saturated rings. The number of hydrogen-bond acceptors (Lipinski definition) is 5. The van der Waals surface area contributed by atoms with Crippen LogP contribution in [0.3, 0.4) is 0 Å². The normalized spacial score (nSPS) is 14.2. The fourth-order valence-corrected chi connectivity index (χ4v) is 3.84. The number of aryl methyl sites for hydroxylation is 1. The van der Waals surface area contributed by atoms with Crippen LogP contribution >= 0.6 is 0 Å². The van der Waals surface area contributed by atoms with E-state index in [-0.39, 0.29) is 11.5 Å². The zero-order valence-corrected chi connectivity index (χ0v) is 17.1. The molecule has 3 heterocycles. The van der Waals surface area contributed by atoms with Crippen LogP contribution in [-0.4, -0.2) is 57.0 Å². The number of carbonyl (C=O) groups is 1. The van der Waals surface area contributed by atoms with Crippen LogP contribution < -0.4 is 10.9 Å². The monoisotopic (exact) mass is 414 g/mol. The van der Waals surface area contributed by atoms with Crippen LogP contribution in [-0.2, 0) is 0 Å². The molecular weight excluding hydrogens is 392 g/mol. The molecule has 156 valence electrons. The highest BCUT2D eigenvalue weighted by atomic mass is 16.2. The SMILES string of the molecule is Cc1ccc2[nH]c(=O)c(-c3cn(-c4ccc(C(=O)N5CCNCC5)cc4)nn3)cc2c1. The average Bonchev–Trinajstić information content (AvgIpc) is 3.29. The summed E-state index contributed by atoms with van der Waals surface area (Å²) < 4.78 is 1.61. The van der Waals surface area contributed by atoms with Crippen LogP contribution in [0, 0.1) is 6.92 Å². The Morgan fingerprint density at radius 3 is 2.58 bits per heavy atom. The van der Waals surface area contributed by atoms with E-state index in [4.69, 9.17) is 0 Å². The van der Waals surface area contributed by atoms with E-state index in [9.17, 15) is 9.59 Å².